The van der Waals surface area contributed by atoms with Crippen molar-refractivity contribution in [1.29, 1.82) is 0 Å². The second-order valence-corrected chi connectivity index (χ2v) is 7.27. The lowest BCUT2D eigenvalue weighted by molar-refractivity contribution is -0.0613. The minimum atomic E-state index is -4.11. The summed E-state index contributed by atoms with van der Waals surface area (Å²) in [7, 11) is -4.21. The van der Waals surface area contributed by atoms with Crippen molar-refractivity contribution in [2.24, 2.45) is 5.92 Å². The summed E-state index contributed by atoms with van der Waals surface area (Å²) < 4.78 is 41.3. The van der Waals surface area contributed by atoms with Crippen LogP contribution in [-0.2, 0) is 32.1 Å². The molecule has 0 bridgehead atoms. The maximum atomic E-state index is 11.4. The predicted molar refractivity (Wildman–Crippen MR) is 85.0 cm³/mol. The van der Waals surface area contributed by atoms with E-state index in [-0.39, 0.29) is 47.7 Å². The number of rotatable bonds is 15. The highest BCUT2D eigenvalue weighted by molar-refractivity contribution is 7.47. The normalized spacial score (nSPS) is 16.5. The van der Waals surface area contributed by atoms with Gasteiger partial charge in [-0.1, -0.05) is 0 Å². The van der Waals surface area contributed by atoms with E-state index in [9.17, 15) is 14.6 Å². The second-order valence-electron chi connectivity index (χ2n) is 5.17. The molecule has 0 aromatic heterocycles. The lowest BCUT2D eigenvalue weighted by Gasteiger charge is -2.17. The van der Waals surface area contributed by atoms with Crippen molar-refractivity contribution in [3.8, 4) is 0 Å². The predicted octanol–water partition coefficient (Wildman–Crippen LogP) is 2.04. The zero-order chi connectivity index (χ0) is 17.7. The summed E-state index contributed by atoms with van der Waals surface area (Å²) in [5.41, 5.74) is 0. The zero-order valence-corrected chi connectivity index (χ0v) is 15.9. The van der Waals surface area contributed by atoms with Gasteiger partial charge >= 0.3 is 7.82 Å². The van der Waals surface area contributed by atoms with Gasteiger partial charge in [0.25, 0.3) is 0 Å². The van der Waals surface area contributed by atoms with Gasteiger partial charge in [0.2, 0.25) is 0 Å². The van der Waals surface area contributed by atoms with Crippen molar-refractivity contribution in [2.45, 2.75) is 39.9 Å². The van der Waals surface area contributed by atoms with Crippen molar-refractivity contribution in [3.63, 3.8) is 0 Å². The molecule has 23 heavy (non-hydrogen) atoms. The Balaban J connectivity index is 3.68. The number of phosphoric acid groups is 1. The van der Waals surface area contributed by atoms with Crippen LogP contribution >= 0.6 is 16.9 Å². The molecular formula is C12H28O9P2. The summed E-state index contributed by atoms with van der Waals surface area (Å²) in [6.45, 7) is 6.80. The van der Waals surface area contributed by atoms with Gasteiger partial charge in [0, 0.05) is 5.92 Å². The van der Waals surface area contributed by atoms with Gasteiger partial charge in [-0.15, -0.1) is 0 Å². The number of hydrogen-bond donors (Lipinski definition) is 2. The van der Waals surface area contributed by atoms with Crippen LogP contribution in [0.4, 0.5) is 0 Å². The average Bonchev–Trinajstić information content (AvgIpc) is 2.43. The first-order valence-electron chi connectivity index (χ1n) is 7.21. The molecule has 0 rings (SSSR count). The Hall–Kier alpha value is 0.340. The van der Waals surface area contributed by atoms with E-state index in [1.165, 1.54) is 0 Å². The molecule has 0 amide bonds. The number of phosphoric ester groups is 1. The molecule has 0 aromatic carbocycles. The highest BCUT2D eigenvalue weighted by atomic mass is 31.2. The third-order valence-corrected chi connectivity index (χ3v) is 4.02. The molecule has 11 heteroatoms. The minimum Gasteiger partial charge on any atom is -0.396 e. The molecule has 9 nitrogen and oxygen atoms in total. The Bertz CT molecular complexity index is 328. The van der Waals surface area contributed by atoms with Gasteiger partial charge < -0.3 is 28.5 Å². The highest BCUT2D eigenvalue weighted by Gasteiger charge is 2.22. The highest BCUT2D eigenvalue weighted by Crippen LogP contribution is 2.44. The van der Waals surface area contributed by atoms with E-state index in [1.807, 2.05) is 13.8 Å². The molecule has 3 atom stereocenters. The fraction of sp³-hybridized carbons (Fsp3) is 1.00. The van der Waals surface area contributed by atoms with Crippen LogP contribution in [0.5, 0.6) is 0 Å². The fourth-order valence-electron chi connectivity index (χ4n) is 1.18. The standard InChI is InChI=1S/C12H28O9P2/c1-10(2)20-22-18-8-16-6-12(5-13)7-17-9-19-23(14,15)21-11(3)4/h10-13,22H,5-9H2,1-4H3,(H,14,15). The smallest absolute Gasteiger partial charge is 0.396 e. The van der Waals surface area contributed by atoms with Gasteiger partial charge in [-0.25, -0.2) is 4.57 Å². The van der Waals surface area contributed by atoms with Crippen LogP contribution in [0.2, 0.25) is 0 Å². The van der Waals surface area contributed by atoms with Gasteiger partial charge in [-0.2, -0.15) is 0 Å². The number of ether oxygens (including phenoxy) is 2. The molecule has 2 N–H and O–H groups in total. The molecule has 140 valence electrons. The quantitative estimate of drug-likeness (QED) is 0.251. The van der Waals surface area contributed by atoms with Crippen LogP contribution in [-0.4, -0.2) is 55.6 Å². The lowest BCUT2D eigenvalue weighted by atomic mass is 10.2. The Labute approximate surface area is 139 Å². The summed E-state index contributed by atoms with van der Waals surface area (Å²) in [6, 6.07) is 0. The average molecular weight is 378 g/mol. The van der Waals surface area contributed by atoms with Gasteiger partial charge in [-0.3, -0.25) is 9.05 Å². The Morgan fingerprint density at radius 1 is 1.04 bits per heavy atom. The molecule has 0 saturated heterocycles. The lowest BCUT2D eigenvalue weighted by Crippen LogP contribution is -2.21. The van der Waals surface area contributed by atoms with E-state index >= 15 is 0 Å². The van der Waals surface area contributed by atoms with E-state index < -0.39 is 20.7 Å². The zero-order valence-electron chi connectivity index (χ0n) is 14.0. The van der Waals surface area contributed by atoms with Crippen LogP contribution in [0.1, 0.15) is 27.7 Å². The minimum absolute atomic E-state index is 0.0479. The van der Waals surface area contributed by atoms with Crippen LogP contribution in [0.15, 0.2) is 0 Å². The first kappa shape index (κ1) is 23.3. The van der Waals surface area contributed by atoms with Gasteiger partial charge in [0.05, 0.1) is 32.0 Å². The first-order valence-corrected chi connectivity index (χ1v) is 9.52. The SMILES string of the molecule is CC(C)OPOCOCC(CO)COCOP(=O)(O)OC(C)C. The number of hydrogen-bond acceptors (Lipinski definition) is 8. The number of aliphatic hydroxyl groups excluding tert-OH is 1. The Morgan fingerprint density at radius 3 is 2.17 bits per heavy atom. The summed E-state index contributed by atoms with van der Waals surface area (Å²) in [6.07, 6.45) is -0.348. The molecule has 3 unspecified atom stereocenters. The van der Waals surface area contributed by atoms with Crippen LogP contribution in [0.3, 0.4) is 0 Å². The van der Waals surface area contributed by atoms with Crippen LogP contribution < -0.4 is 0 Å². The Kier molecular flexibility index (Phi) is 13.8. The third-order valence-electron chi connectivity index (χ3n) is 2.09. The molecule has 0 aromatic rings. The molecule has 0 spiro atoms. The van der Waals surface area contributed by atoms with Crippen molar-refractivity contribution in [1.82, 2.24) is 0 Å². The molecule has 0 saturated carbocycles. The van der Waals surface area contributed by atoms with E-state index in [2.05, 4.69) is 4.52 Å². The molecule has 0 radical (unpaired) electrons. The van der Waals surface area contributed by atoms with E-state index in [0.29, 0.717) is 0 Å². The second kappa shape index (κ2) is 13.6. The monoisotopic (exact) mass is 378 g/mol. The van der Waals surface area contributed by atoms with Gasteiger partial charge in [-0.05, 0) is 27.7 Å². The van der Waals surface area contributed by atoms with E-state index in [0.717, 1.165) is 0 Å². The molecule has 0 fully saturated rings. The summed E-state index contributed by atoms with van der Waals surface area (Å²) in [4.78, 5) is 9.30. The first-order chi connectivity index (χ1) is 10.8. The molecule has 0 aliphatic heterocycles. The maximum absolute atomic E-state index is 11.4. The summed E-state index contributed by atoms with van der Waals surface area (Å²) >= 11 is 0. The van der Waals surface area contributed by atoms with Gasteiger partial charge in [0.15, 0.2) is 22.6 Å². The molecule has 0 aliphatic rings. The largest absolute Gasteiger partial charge is 0.474 e. The fourth-order valence-corrected chi connectivity index (χ4v) is 2.37. The van der Waals surface area contributed by atoms with Crippen molar-refractivity contribution in [2.75, 3.05) is 33.4 Å². The Morgan fingerprint density at radius 2 is 1.65 bits per heavy atom. The van der Waals surface area contributed by atoms with Crippen molar-refractivity contribution >= 4 is 16.9 Å². The molecule has 0 heterocycles. The maximum Gasteiger partial charge on any atom is 0.474 e. The van der Waals surface area contributed by atoms with E-state index in [4.69, 9.17) is 23.0 Å². The topological polar surface area (TPSA) is 113 Å². The van der Waals surface area contributed by atoms with Crippen LogP contribution in [0, 0.1) is 5.92 Å². The summed E-state index contributed by atoms with van der Waals surface area (Å²) in [5, 5.41) is 9.19. The molecule has 0 aliphatic carbocycles. The molecular weight excluding hydrogens is 350 g/mol. The van der Waals surface area contributed by atoms with Crippen LogP contribution in [0.25, 0.3) is 0 Å². The number of aliphatic hydroxyl groups is 1. The van der Waals surface area contributed by atoms with Crippen molar-refractivity contribution in [3.05, 3.63) is 0 Å². The summed E-state index contributed by atoms with van der Waals surface area (Å²) in [5.74, 6) is -0.305. The van der Waals surface area contributed by atoms with Gasteiger partial charge in [0.1, 0.15) is 0 Å². The van der Waals surface area contributed by atoms with Crippen molar-refractivity contribution < 1.29 is 42.1 Å². The third kappa shape index (κ3) is 15.6. The van der Waals surface area contributed by atoms with E-state index in [1.54, 1.807) is 13.8 Å².